The number of aromatic nitrogens is 3. The quantitative estimate of drug-likeness (QED) is 0.880. The lowest BCUT2D eigenvalue weighted by Crippen LogP contribution is -2.42. The van der Waals surface area contributed by atoms with Crippen LogP contribution in [0.5, 0.6) is 5.88 Å². The van der Waals surface area contributed by atoms with Gasteiger partial charge < -0.3 is 5.11 Å². The average molecular weight is 281 g/mol. The van der Waals surface area contributed by atoms with Gasteiger partial charge in [0.2, 0.25) is 5.88 Å². The largest absolute Gasteiger partial charge is 0.494 e. The van der Waals surface area contributed by atoms with Crippen LogP contribution in [0, 0.1) is 0 Å². The van der Waals surface area contributed by atoms with Gasteiger partial charge in [-0.2, -0.15) is 0 Å². The normalized spacial score (nSPS) is 11.7. The van der Waals surface area contributed by atoms with E-state index in [9.17, 15) is 14.7 Å². The first kappa shape index (κ1) is 13.5. The molecule has 0 amide bonds. The third-order valence-corrected chi connectivity index (χ3v) is 4.13. The number of aromatic amines is 1. The van der Waals surface area contributed by atoms with E-state index in [2.05, 4.69) is 9.97 Å². The molecule has 7 heteroatoms. The smallest absolute Gasteiger partial charge is 0.332 e. The van der Waals surface area contributed by atoms with Crippen LogP contribution in [-0.2, 0) is 12.0 Å². The minimum absolute atomic E-state index is 0.198. The van der Waals surface area contributed by atoms with Gasteiger partial charge in [-0.05, 0) is 20.3 Å². The molecule has 0 aliphatic carbocycles. The van der Waals surface area contributed by atoms with Crippen LogP contribution in [0.4, 0.5) is 0 Å². The summed E-state index contributed by atoms with van der Waals surface area (Å²) in [5.74, 6) is -0.295. The summed E-state index contributed by atoms with van der Waals surface area (Å²) in [6.45, 7) is 5.28. The van der Waals surface area contributed by atoms with Crippen molar-refractivity contribution in [3.8, 4) is 5.88 Å². The van der Waals surface area contributed by atoms with Crippen molar-refractivity contribution >= 4 is 11.3 Å². The molecule has 19 heavy (non-hydrogen) atoms. The van der Waals surface area contributed by atoms with Crippen LogP contribution in [0.2, 0.25) is 0 Å². The number of nitrogens with one attached hydrogen (secondary N) is 1. The number of hydrogen-bond donors (Lipinski definition) is 2. The van der Waals surface area contributed by atoms with Gasteiger partial charge in [0.25, 0.3) is 5.56 Å². The highest BCUT2D eigenvalue weighted by Crippen LogP contribution is 2.29. The van der Waals surface area contributed by atoms with Crippen molar-refractivity contribution in [3.63, 3.8) is 0 Å². The van der Waals surface area contributed by atoms with E-state index in [1.54, 1.807) is 32.3 Å². The van der Waals surface area contributed by atoms with Gasteiger partial charge in [-0.1, -0.05) is 6.92 Å². The third-order valence-electron chi connectivity index (χ3n) is 3.05. The van der Waals surface area contributed by atoms with E-state index >= 15 is 0 Å². The lowest BCUT2D eigenvalue weighted by Gasteiger charge is -2.26. The molecule has 2 aromatic rings. The Balaban J connectivity index is 2.77. The highest BCUT2D eigenvalue weighted by Gasteiger charge is 2.31. The van der Waals surface area contributed by atoms with E-state index in [0.717, 1.165) is 0 Å². The van der Waals surface area contributed by atoms with Gasteiger partial charge in [-0.3, -0.25) is 14.3 Å². The van der Waals surface area contributed by atoms with Crippen molar-refractivity contribution in [3.05, 3.63) is 43.0 Å². The summed E-state index contributed by atoms with van der Waals surface area (Å²) in [5.41, 5.74) is -1.82. The molecule has 2 rings (SSSR count). The van der Waals surface area contributed by atoms with Crippen molar-refractivity contribution in [2.45, 2.75) is 32.7 Å². The summed E-state index contributed by atoms with van der Waals surface area (Å²) in [6.07, 6.45) is 1.98. The van der Waals surface area contributed by atoms with Gasteiger partial charge >= 0.3 is 5.69 Å². The van der Waals surface area contributed by atoms with Crippen molar-refractivity contribution in [1.29, 1.82) is 0 Å². The van der Waals surface area contributed by atoms with Gasteiger partial charge in [0.05, 0.1) is 11.1 Å². The molecule has 2 heterocycles. The Kier molecular flexibility index (Phi) is 3.32. The predicted octanol–water partition coefficient (Wildman–Crippen LogP) is 1.04. The molecule has 6 nitrogen and oxygen atoms in total. The molecular formula is C12H15N3O3S. The number of thiazole rings is 1. The molecule has 0 bridgehead atoms. The highest BCUT2D eigenvalue weighted by molar-refractivity contribution is 7.09. The molecule has 0 aromatic carbocycles. The number of nitrogens with zero attached hydrogens (tertiary/aromatic N) is 2. The average Bonchev–Trinajstić information content (AvgIpc) is 2.82. The Morgan fingerprint density at radius 3 is 2.68 bits per heavy atom. The number of rotatable bonds is 3. The first-order valence-corrected chi connectivity index (χ1v) is 6.75. The Hall–Kier alpha value is -1.89. The summed E-state index contributed by atoms with van der Waals surface area (Å²) < 4.78 is 1.17. The molecule has 0 atom stereocenters. The molecule has 0 unspecified atom stereocenters. The zero-order chi connectivity index (χ0) is 14.2. The second-order valence-electron chi connectivity index (χ2n) is 4.65. The van der Waals surface area contributed by atoms with E-state index in [-0.39, 0.29) is 11.4 Å². The molecule has 0 fully saturated rings. The lowest BCUT2D eigenvalue weighted by atomic mass is 10.1. The summed E-state index contributed by atoms with van der Waals surface area (Å²) >= 11 is 1.39. The topological polar surface area (TPSA) is 88.0 Å². The Morgan fingerprint density at radius 2 is 2.16 bits per heavy atom. The highest BCUT2D eigenvalue weighted by atomic mass is 32.1. The number of hydrogen-bond acceptors (Lipinski definition) is 5. The standard InChI is InChI=1S/C12H15N3O3S/c1-4-7-8(16)14-11(18)15(9(7)17)12(2,3)10-13-5-6-19-10/h5-6,17H,4H2,1-3H3,(H,14,16,18). The maximum Gasteiger partial charge on any atom is 0.332 e. The maximum absolute atomic E-state index is 12.0. The van der Waals surface area contributed by atoms with Crippen LogP contribution < -0.4 is 11.2 Å². The molecule has 2 N–H and O–H groups in total. The van der Waals surface area contributed by atoms with Crippen molar-refractivity contribution in [2.75, 3.05) is 0 Å². The third kappa shape index (κ3) is 2.10. The number of aromatic hydroxyl groups is 1. The van der Waals surface area contributed by atoms with Gasteiger partial charge in [0.1, 0.15) is 5.01 Å². The predicted molar refractivity (Wildman–Crippen MR) is 72.9 cm³/mol. The summed E-state index contributed by atoms with van der Waals surface area (Å²) in [6, 6.07) is 0. The summed E-state index contributed by atoms with van der Waals surface area (Å²) in [7, 11) is 0. The van der Waals surface area contributed by atoms with Gasteiger partial charge in [0, 0.05) is 11.6 Å². The van der Waals surface area contributed by atoms with Crippen LogP contribution >= 0.6 is 11.3 Å². The second-order valence-corrected chi connectivity index (χ2v) is 5.54. The first-order valence-electron chi connectivity index (χ1n) is 5.87. The van der Waals surface area contributed by atoms with Crippen LogP contribution in [0.15, 0.2) is 21.2 Å². The number of H-pyrrole nitrogens is 1. The Labute approximate surface area is 113 Å². The molecule has 0 aliphatic heterocycles. The fraction of sp³-hybridized carbons (Fsp3) is 0.417. The van der Waals surface area contributed by atoms with Crippen molar-refractivity contribution in [1.82, 2.24) is 14.5 Å². The summed E-state index contributed by atoms with van der Waals surface area (Å²) in [4.78, 5) is 30.0. The first-order chi connectivity index (χ1) is 8.89. The molecule has 2 aromatic heterocycles. The van der Waals surface area contributed by atoms with Crippen LogP contribution in [0.1, 0.15) is 31.3 Å². The fourth-order valence-electron chi connectivity index (χ4n) is 2.02. The van der Waals surface area contributed by atoms with E-state index in [1.807, 2.05) is 0 Å². The van der Waals surface area contributed by atoms with Gasteiger partial charge in [-0.25, -0.2) is 9.78 Å². The van der Waals surface area contributed by atoms with Crippen LogP contribution in [0.25, 0.3) is 0 Å². The molecule has 0 spiro atoms. The van der Waals surface area contributed by atoms with E-state index in [1.165, 1.54) is 15.9 Å². The van der Waals surface area contributed by atoms with E-state index in [0.29, 0.717) is 11.4 Å². The zero-order valence-electron chi connectivity index (χ0n) is 10.9. The molecular weight excluding hydrogens is 266 g/mol. The fourth-order valence-corrected chi connectivity index (χ4v) is 2.77. The Bertz CT molecular complexity index is 698. The summed E-state index contributed by atoms with van der Waals surface area (Å²) in [5, 5.41) is 12.7. The minimum Gasteiger partial charge on any atom is -0.494 e. The lowest BCUT2D eigenvalue weighted by molar-refractivity contribution is 0.321. The molecule has 0 saturated heterocycles. The monoisotopic (exact) mass is 281 g/mol. The molecule has 0 radical (unpaired) electrons. The Morgan fingerprint density at radius 1 is 1.47 bits per heavy atom. The maximum atomic E-state index is 12.0. The molecule has 0 saturated carbocycles. The van der Waals surface area contributed by atoms with Crippen molar-refractivity contribution < 1.29 is 5.11 Å². The minimum atomic E-state index is -0.830. The molecule has 102 valence electrons. The van der Waals surface area contributed by atoms with Crippen LogP contribution in [-0.4, -0.2) is 19.6 Å². The van der Waals surface area contributed by atoms with Gasteiger partial charge in [0.15, 0.2) is 0 Å². The van der Waals surface area contributed by atoms with Gasteiger partial charge in [-0.15, -0.1) is 11.3 Å². The SMILES string of the molecule is CCc1c(O)n(C(C)(C)c2nccs2)c(=O)[nH]c1=O. The molecule has 0 aliphatic rings. The zero-order valence-corrected chi connectivity index (χ0v) is 11.7. The van der Waals surface area contributed by atoms with E-state index < -0.39 is 16.8 Å². The van der Waals surface area contributed by atoms with E-state index in [4.69, 9.17) is 0 Å². The van der Waals surface area contributed by atoms with Crippen molar-refractivity contribution in [2.24, 2.45) is 0 Å². The van der Waals surface area contributed by atoms with Crippen LogP contribution in [0.3, 0.4) is 0 Å². The second kappa shape index (κ2) is 4.65.